The van der Waals surface area contributed by atoms with Crippen molar-refractivity contribution in [2.75, 3.05) is 13.1 Å². The van der Waals surface area contributed by atoms with Gasteiger partial charge in [-0.3, -0.25) is 4.79 Å². The van der Waals surface area contributed by atoms with Crippen LogP contribution in [0.3, 0.4) is 0 Å². The highest BCUT2D eigenvalue weighted by Crippen LogP contribution is 2.33. The number of amides is 1. The van der Waals surface area contributed by atoms with E-state index in [-0.39, 0.29) is 11.5 Å². The fourth-order valence-corrected chi connectivity index (χ4v) is 3.57. The zero-order chi connectivity index (χ0) is 17.4. The first-order chi connectivity index (χ1) is 12.1. The SMILES string of the molecule is O=C(c1cc(F)cc(F)c1)N1CCC(c2c[nH]c3ncccc23)CC1. The number of aromatic nitrogens is 2. The molecule has 4 nitrogen and oxygen atoms in total. The van der Waals surface area contributed by atoms with Crippen molar-refractivity contribution in [1.29, 1.82) is 0 Å². The highest BCUT2D eigenvalue weighted by atomic mass is 19.1. The van der Waals surface area contributed by atoms with E-state index in [0.29, 0.717) is 19.0 Å². The van der Waals surface area contributed by atoms with Crippen LogP contribution in [0.1, 0.15) is 34.7 Å². The number of halogens is 2. The van der Waals surface area contributed by atoms with Crippen LogP contribution in [0.15, 0.2) is 42.7 Å². The van der Waals surface area contributed by atoms with Crippen molar-refractivity contribution in [1.82, 2.24) is 14.9 Å². The van der Waals surface area contributed by atoms with Crippen molar-refractivity contribution in [2.45, 2.75) is 18.8 Å². The van der Waals surface area contributed by atoms with Gasteiger partial charge < -0.3 is 9.88 Å². The first-order valence-corrected chi connectivity index (χ1v) is 8.29. The molecule has 0 radical (unpaired) electrons. The minimum atomic E-state index is -0.732. The van der Waals surface area contributed by atoms with E-state index >= 15 is 0 Å². The molecule has 1 aromatic carbocycles. The number of fused-ring (bicyclic) bond motifs is 1. The highest BCUT2D eigenvalue weighted by molar-refractivity contribution is 5.94. The number of H-pyrrole nitrogens is 1. The number of hydrogen-bond donors (Lipinski definition) is 1. The molecule has 6 heteroatoms. The lowest BCUT2D eigenvalue weighted by Gasteiger charge is -2.32. The number of nitrogens with one attached hydrogen (secondary N) is 1. The predicted octanol–water partition coefficient (Wildman–Crippen LogP) is 3.86. The van der Waals surface area contributed by atoms with Crippen LogP contribution in [-0.4, -0.2) is 33.9 Å². The molecule has 0 bridgehead atoms. The van der Waals surface area contributed by atoms with Gasteiger partial charge in [-0.15, -0.1) is 0 Å². The summed E-state index contributed by atoms with van der Waals surface area (Å²) in [6.07, 6.45) is 5.36. The molecule has 1 N–H and O–H groups in total. The summed E-state index contributed by atoms with van der Waals surface area (Å²) in [6.45, 7) is 1.13. The van der Waals surface area contributed by atoms with Gasteiger partial charge in [0.1, 0.15) is 17.3 Å². The van der Waals surface area contributed by atoms with Crippen molar-refractivity contribution in [3.8, 4) is 0 Å². The Morgan fingerprint density at radius 2 is 1.88 bits per heavy atom. The standard InChI is InChI=1S/C19H17F2N3O/c20-14-8-13(9-15(21)10-14)19(25)24-6-3-12(4-7-24)17-11-23-18-16(17)2-1-5-22-18/h1-2,5,8-12H,3-4,6-7H2,(H,22,23). The van der Waals surface area contributed by atoms with Gasteiger partial charge in [-0.1, -0.05) is 0 Å². The van der Waals surface area contributed by atoms with E-state index in [1.807, 2.05) is 18.3 Å². The molecular formula is C19H17F2N3O. The van der Waals surface area contributed by atoms with Gasteiger partial charge in [0.05, 0.1) is 0 Å². The van der Waals surface area contributed by atoms with Gasteiger partial charge in [0.2, 0.25) is 0 Å². The van der Waals surface area contributed by atoms with Crippen LogP contribution in [-0.2, 0) is 0 Å². The number of carbonyl (C=O) groups excluding carboxylic acids is 1. The topological polar surface area (TPSA) is 49.0 Å². The highest BCUT2D eigenvalue weighted by Gasteiger charge is 2.26. The molecule has 1 amide bonds. The second-order valence-corrected chi connectivity index (χ2v) is 6.37. The fourth-order valence-electron chi connectivity index (χ4n) is 3.57. The van der Waals surface area contributed by atoms with E-state index in [1.54, 1.807) is 11.1 Å². The molecule has 25 heavy (non-hydrogen) atoms. The van der Waals surface area contributed by atoms with Crippen molar-refractivity contribution >= 4 is 16.9 Å². The maximum absolute atomic E-state index is 13.3. The fraction of sp³-hybridized carbons (Fsp3) is 0.263. The lowest BCUT2D eigenvalue weighted by molar-refractivity contribution is 0.0712. The van der Waals surface area contributed by atoms with Gasteiger partial charge in [-0.05, 0) is 48.6 Å². The van der Waals surface area contributed by atoms with Crippen LogP contribution in [0, 0.1) is 11.6 Å². The third kappa shape index (κ3) is 2.99. The summed E-state index contributed by atoms with van der Waals surface area (Å²) in [4.78, 5) is 21.6. The molecule has 0 atom stereocenters. The summed E-state index contributed by atoms with van der Waals surface area (Å²) in [7, 11) is 0. The van der Waals surface area contributed by atoms with Gasteiger partial charge in [-0.25, -0.2) is 13.8 Å². The molecule has 0 aliphatic carbocycles. The van der Waals surface area contributed by atoms with Gasteiger partial charge in [0.25, 0.3) is 5.91 Å². The Labute approximate surface area is 143 Å². The van der Waals surface area contributed by atoms with E-state index in [9.17, 15) is 13.6 Å². The number of likely N-dealkylation sites (tertiary alicyclic amines) is 1. The van der Waals surface area contributed by atoms with Crippen LogP contribution >= 0.6 is 0 Å². The van der Waals surface area contributed by atoms with Crippen LogP contribution in [0.5, 0.6) is 0 Å². The number of aromatic amines is 1. The predicted molar refractivity (Wildman–Crippen MR) is 90.3 cm³/mol. The molecule has 0 spiro atoms. The molecule has 1 fully saturated rings. The summed E-state index contributed by atoms with van der Waals surface area (Å²) >= 11 is 0. The van der Waals surface area contributed by atoms with Crippen LogP contribution < -0.4 is 0 Å². The second-order valence-electron chi connectivity index (χ2n) is 6.37. The lowest BCUT2D eigenvalue weighted by Crippen LogP contribution is -2.38. The van der Waals surface area contributed by atoms with Gasteiger partial charge >= 0.3 is 0 Å². The Morgan fingerprint density at radius 1 is 1.16 bits per heavy atom. The van der Waals surface area contributed by atoms with Crippen LogP contribution in [0.2, 0.25) is 0 Å². The van der Waals surface area contributed by atoms with Crippen LogP contribution in [0.4, 0.5) is 8.78 Å². The maximum Gasteiger partial charge on any atom is 0.254 e. The molecule has 3 aromatic rings. The molecule has 3 heterocycles. The summed E-state index contributed by atoms with van der Waals surface area (Å²) in [5, 5.41) is 1.11. The molecule has 0 unspecified atom stereocenters. The van der Waals surface area contributed by atoms with Gasteiger partial charge in [0, 0.05) is 42.5 Å². The molecule has 0 saturated carbocycles. The second kappa shape index (κ2) is 6.27. The van der Waals surface area contributed by atoms with Crippen molar-refractivity contribution < 1.29 is 13.6 Å². The number of hydrogen-bond acceptors (Lipinski definition) is 2. The molecule has 1 aliphatic heterocycles. The molecule has 1 aliphatic rings. The number of benzene rings is 1. The normalized spacial score (nSPS) is 15.7. The first-order valence-electron chi connectivity index (χ1n) is 8.29. The summed E-state index contributed by atoms with van der Waals surface area (Å²) in [5.74, 6) is -1.45. The Balaban J connectivity index is 1.48. The number of rotatable bonds is 2. The summed E-state index contributed by atoms with van der Waals surface area (Å²) < 4.78 is 26.7. The first kappa shape index (κ1) is 15.7. The van der Waals surface area contributed by atoms with Crippen LogP contribution in [0.25, 0.3) is 11.0 Å². The minimum Gasteiger partial charge on any atom is -0.346 e. The van der Waals surface area contributed by atoms with E-state index in [1.165, 1.54) is 5.56 Å². The van der Waals surface area contributed by atoms with Crippen molar-refractivity contribution in [2.24, 2.45) is 0 Å². The number of pyridine rings is 1. The lowest BCUT2D eigenvalue weighted by atomic mass is 9.89. The Hall–Kier alpha value is -2.76. The van der Waals surface area contributed by atoms with E-state index < -0.39 is 11.6 Å². The zero-order valence-corrected chi connectivity index (χ0v) is 13.5. The minimum absolute atomic E-state index is 0.0623. The Morgan fingerprint density at radius 3 is 2.60 bits per heavy atom. The van der Waals surface area contributed by atoms with Gasteiger partial charge in [-0.2, -0.15) is 0 Å². The third-order valence-corrected chi connectivity index (χ3v) is 4.81. The van der Waals surface area contributed by atoms with Crippen molar-refractivity contribution in [3.63, 3.8) is 0 Å². The summed E-state index contributed by atoms with van der Waals surface area (Å²) in [5.41, 5.74) is 2.14. The molecule has 128 valence electrons. The average molecular weight is 341 g/mol. The number of carbonyl (C=O) groups is 1. The Bertz CT molecular complexity index is 909. The maximum atomic E-state index is 13.3. The number of nitrogens with zero attached hydrogens (tertiary/aromatic N) is 2. The number of piperidine rings is 1. The smallest absolute Gasteiger partial charge is 0.254 e. The average Bonchev–Trinajstić information content (AvgIpc) is 3.04. The van der Waals surface area contributed by atoms with E-state index in [2.05, 4.69) is 9.97 Å². The molecule has 4 rings (SSSR count). The largest absolute Gasteiger partial charge is 0.346 e. The summed E-state index contributed by atoms with van der Waals surface area (Å²) in [6, 6.07) is 6.90. The van der Waals surface area contributed by atoms with E-state index in [4.69, 9.17) is 0 Å². The van der Waals surface area contributed by atoms with Crippen molar-refractivity contribution in [3.05, 3.63) is 65.5 Å². The van der Waals surface area contributed by atoms with Gasteiger partial charge in [0.15, 0.2) is 0 Å². The Kier molecular flexibility index (Phi) is 3.95. The monoisotopic (exact) mass is 341 g/mol. The quantitative estimate of drug-likeness (QED) is 0.769. The van der Waals surface area contributed by atoms with E-state index in [0.717, 1.165) is 42.1 Å². The third-order valence-electron chi connectivity index (χ3n) is 4.81. The molecule has 2 aromatic heterocycles. The zero-order valence-electron chi connectivity index (χ0n) is 13.5. The molecule has 1 saturated heterocycles. The molecular weight excluding hydrogens is 324 g/mol.